The van der Waals surface area contributed by atoms with Crippen molar-refractivity contribution in [2.75, 3.05) is 18.5 Å². The second-order valence-electron chi connectivity index (χ2n) is 5.19. The van der Waals surface area contributed by atoms with Gasteiger partial charge in [0.15, 0.2) is 0 Å². The first-order valence-corrected chi connectivity index (χ1v) is 7.11. The Bertz CT molecular complexity index is 591. The van der Waals surface area contributed by atoms with E-state index in [4.69, 9.17) is 4.74 Å². The maximum absolute atomic E-state index is 12.1. The molecule has 2 aromatic heterocycles. The first-order valence-electron chi connectivity index (χ1n) is 7.11. The Morgan fingerprint density at radius 3 is 3.05 bits per heavy atom. The molecule has 1 N–H and O–H groups in total. The zero-order chi connectivity index (χ0) is 14.5. The number of amides is 1. The third-order valence-corrected chi connectivity index (χ3v) is 3.53. The van der Waals surface area contributed by atoms with E-state index in [9.17, 15) is 4.79 Å². The fourth-order valence-corrected chi connectivity index (χ4v) is 2.38. The average molecular weight is 286 g/mol. The van der Waals surface area contributed by atoms with Crippen LogP contribution < -0.4 is 5.32 Å². The van der Waals surface area contributed by atoms with Crippen LogP contribution in [-0.4, -0.2) is 33.9 Å². The van der Waals surface area contributed by atoms with E-state index in [1.807, 2.05) is 18.3 Å². The van der Waals surface area contributed by atoms with Gasteiger partial charge < -0.3 is 10.1 Å². The minimum Gasteiger partial charge on any atom is -0.381 e. The topological polar surface area (TPSA) is 69.0 Å². The number of rotatable bonds is 4. The summed E-state index contributed by atoms with van der Waals surface area (Å²) in [5.74, 6) is -0.0412. The highest BCUT2D eigenvalue weighted by Gasteiger charge is 2.22. The molecule has 6 heteroatoms. The van der Waals surface area contributed by atoms with Gasteiger partial charge in [-0.2, -0.15) is 5.10 Å². The van der Waals surface area contributed by atoms with Gasteiger partial charge in [-0.1, -0.05) is 0 Å². The van der Waals surface area contributed by atoms with Crippen LogP contribution >= 0.6 is 0 Å². The first-order chi connectivity index (χ1) is 10.3. The molecule has 0 saturated carbocycles. The van der Waals surface area contributed by atoms with Gasteiger partial charge in [-0.15, -0.1) is 0 Å². The average Bonchev–Trinajstić information content (AvgIpc) is 2.96. The molecule has 1 aliphatic heterocycles. The number of carbonyl (C=O) groups is 1. The van der Waals surface area contributed by atoms with Crippen molar-refractivity contribution in [3.8, 4) is 0 Å². The van der Waals surface area contributed by atoms with E-state index in [2.05, 4.69) is 15.4 Å². The van der Waals surface area contributed by atoms with Crippen molar-refractivity contribution >= 4 is 11.6 Å². The van der Waals surface area contributed by atoms with Crippen LogP contribution in [0.15, 0.2) is 36.9 Å². The molecule has 21 heavy (non-hydrogen) atoms. The van der Waals surface area contributed by atoms with Gasteiger partial charge in [0, 0.05) is 25.2 Å². The second kappa shape index (κ2) is 6.49. The van der Waals surface area contributed by atoms with Crippen molar-refractivity contribution in [1.29, 1.82) is 0 Å². The number of hydrogen-bond donors (Lipinski definition) is 1. The predicted molar refractivity (Wildman–Crippen MR) is 77.7 cm³/mol. The maximum Gasteiger partial charge on any atom is 0.229 e. The summed E-state index contributed by atoms with van der Waals surface area (Å²) in [6.07, 6.45) is 8.84. The van der Waals surface area contributed by atoms with Crippen LogP contribution in [0.25, 0.3) is 0 Å². The Kier molecular flexibility index (Phi) is 4.25. The fourth-order valence-electron chi connectivity index (χ4n) is 2.38. The van der Waals surface area contributed by atoms with Crippen molar-refractivity contribution in [3.05, 3.63) is 42.5 Å². The summed E-state index contributed by atoms with van der Waals surface area (Å²) >= 11 is 0. The predicted octanol–water partition coefficient (Wildman–Crippen LogP) is 1.69. The lowest BCUT2D eigenvalue weighted by Crippen LogP contribution is -2.30. The third-order valence-electron chi connectivity index (χ3n) is 3.53. The molecule has 1 aliphatic rings. The SMILES string of the molecule is O=C(Nc1cnn(Cc2ccncc2)c1)C1CCCOC1. The number of hydrogen-bond acceptors (Lipinski definition) is 4. The lowest BCUT2D eigenvalue weighted by atomic mass is 10.0. The van der Waals surface area contributed by atoms with Gasteiger partial charge in [0.25, 0.3) is 0 Å². The first kappa shape index (κ1) is 13.8. The number of pyridine rings is 1. The van der Waals surface area contributed by atoms with E-state index in [-0.39, 0.29) is 11.8 Å². The van der Waals surface area contributed by atoms with Crippen LogP contribution in [-0.2, 0) is 16.1 Å². The van der Waals surface area contributed by atoms with E-state index in [1.54, 1.807) is 23.3 Å². The molecule has 1 fully saturated rings. The smallest absolute Gasteiger partial charge is 0.229 e. The van der Waals surface area contributed by atoms with E-state index < -0.39 is 0 Å². The summed E-state index contributed by atoms with van der Waals surface area (Å²) < 4.78 is 7.13. The fraction of sp³-hybridized carbons (Fsp3) is 0.400. The van der Waals surface area contributed by atoms with Gasteiger partial charge >= 0.3 is 0 Å². The van der Waals surface area contributed by atoms with Crippen molar-refractivity contribution in [3.63, 3.8) is 0 Å². The van der Waals surface area contributed by atoms with E-state index in [0.29, 0.717) is 13.2 Å². The highest BCUT2D eigenvalue weighted by molar-refractivity contribution is 5.92. The molecule has 3 rings (SSSR count). The molecule has 0 aliphatic carbocycles. The lowest BCUT2D eigenvalue weighted by molar-refractivity contribution is -0.123. The zero-order valence-corrected chi connectivity index (χ0v) is 11.7. The summed E-state index contributed by atoms with van der Waals surface area (Å²) in [7, 11) is 0. The van der Waals surface area contributed by atoms with Gasteiger partial charge in [0.2, 0.25) is 5.91 Å². The normalized spacial score (nSPS) is 18.4. The van der Waals surface area contributed by atoms with Crippen LogP contribution in [0.4, 0.5) is 5.69 Å². The van der Waals surface area contributed by atoms with Gasteiger partial charge in [0.1, 0.15) is 0 Å². The van der Waals surface area contributed by atoms with Crippen molar-refractivity contribution in [2.24, 2.45) is 5.92 Å². The minimum atomic E-state index is -0.0534. The molecule has 0 radical (unpaired) electrons. The monoisotopic (exact) mass is 286 g/mol. The second-order valence-corrected chi connectivity index (χ2v) is 5.19. The zero-order valence-electron chi connectivity index (χ0n) is 11.7. The molecule has 1 amide bonds. The van der Waals surface area contributed by atoms with Crippen molar-refractivity contribution in [2.45, 2.75) is 19.4 Å². The van der Waals surface area contributed by atoms with Crippen molar-refractivity contribution < 1.29 is 9.53 Å². The van der Waals surface area contributed by atoms with E-state index in [1.165, 1.54) is 0 Å². The van der Waals surface area contributed by atoms with Crippen molar-refractivity contribution in [1.82, 2.24) is 14.8 Å². The molecule has 2 aromatic rings. The Morgan fingerprint density at radius 2 is 2.29 bits per heavy atom. The Labute approximate surface area is 123 Å². The largest absolute Gasteiger partial charge is 0.381 e. The highest BCUT2D eigenvalue weighted by atomic mass is 16.5. The highest BCUT2D eigenvalue weighted by Crippen LogP contribution is 2.16. The summed E-state index contributed by atoms with van der Waals surface area (Å²) in [6.45, 7) is 1.93. The molecular weight excluding hydrogens is 268 g/mol. The molecule has 1 saturated heterocycles. The molecule has 6 nitrogen and oxygen atoms in total. The molecule has 3 heterocycles. The van der Waals surface area contributed by atoms with E-state index in [0.717, 1.165) is 30.7 Å². The molecular formula is C15H18N4O2. The molecule has 0 aromatic carbocycles. The number of ether oxygens (including phenoxy) is 1. The van der Waals surface area contributed by atoms with Crippen LogP contribution in [0.5, 0.6) is 0 Å². The number of nitrogens with one attached hydrogen (secondary N) is 1. The summed E-state index contributed by atoms with van der Waals surface area (Å²) in [6, 6.07) is 3.89. The van der Waals surface area contributed by atoms with Crippen LogP contribution in [0.1, 0.15) is 18.4 Å². The number of carbonyl (C=O) groups excluding carboxylic acids is 1. The van der Waals surface area contributed by atoms with Crippen LogP contribution in [0.2, 0.25) is 0 Å². The van der Waals surface area contributed by atoms with Gasteiger partial charge in [-0.3, -0.25) is 14.5 Å². The lowest BCUT2D eigenvalue weighted by Gasteiger charge is -2.20. The number of nitrogens with zero attached hydrogens (tertiary/aromatic N) is 3. The Morgan fingerprint density at radius 1 is 1.43 bits per heavy atom. The number of aromatic nitrogens is 3. The molecule has 0 bridgehead atoms. The summed E-state index contributed by atoms with van der Waals surface area (Å²) in [4.78, 5) is 16.1. The van der Waals surface area contributed by atoms with Gasteiger partial charge in [-0.05, 0) is 30.5 Å². The Balaban J connectivity index is 1.58. The molecule has 1 atom stereocenters. The molecule has 1 unspecified atom stereocenters. The molecule has 110 valence electrons. The Hall–Kier alpha value is -2.21. The summed E-state index contributed by atoms with van der Waals surface area (Å²) in [5.41, 5.74) is 1.84. The minimum absolute atomic E-state index is 0.0122. The van der Waals surface area contributed by atoms with Gasteiger partial charge in [-0.25, -0.2) is 0 Å². The molecule has 0 spiro atoms. The quantitative estimate of drug-likeness (QED) is 0.928. The maximum atomic E-state index is 12.1. The number of anilines is 1. The van der Waals surface area contributed by atoms with Crippen LogP contribution in [0, 0.1) is 5.92 Å². The van der Waals surface area contributed by atoms with Crippen LogP contribution in [0.3, 0.4) is 0 Å². The summed E-state index contributed by atoms with van der Waals surface area (Å²) in [5, 5.41) is 7.16. The van der Waals surface area contributed by atoms with Gasteiger partial charge in [0.05, 0.1) is 31.0 Å². The third kappa shape index (κ3) is 3.66. The standard InChI is InChI=1S/C15H18N4O2/c20-15(13-2-1-7-21-11-13)18-14-8-17-19(10-14)9-12-3-5-16-6-4-12/h3-6,8,10,13H,1-2,7,9,11H2,(H,18,20). The van der Waals surface area contributed by atoms with E-state index >= 15 is 0 Å².